The highest BCUT2D eigenvalue weighted by Crippen LogP contribution is 2.53. The SMILES string of the molecule is C#CC(C)(CC1(C)CCCC(C)(C)C1=C)OC(C)=O. The highest BCUT2D eigenvalue weighted by molar-refractivity contribution is 5.67. The standard InChI is InChI=1S/C17H26O2/c1-8-17(7,19-14(3)18)12-16(6)11-9-10-15(4,5)13(16)2/h1H,2,9-12H2,3-7H3. The van der Waals surface area contributed by atoms with Crippen molar-refractivity contribution in [2.24, 2.45) is 10.8 Å². The second kappa shape index (κ2) is 5.04. The van der Waals surface area contributed by atoms with Crippen LogP contribution in [0.1, 0.15) is 60.3 Å². The maximum atomic E-state index is 11.2. The van der Waals surface area contributed by atoms with E-state index in [9.17, 15) is 4.79 Å². The van der Waals surface area contributed by atoms with Crippen molar-refractivity contribution >= 4 is 5.97 Å². The van der Waals surface area contributed by atoms with E-state index in [4.69, 9.17) is 11.2 Å². The van der Waals surface area contributed by atoms with Gasteiger partial charge in [-0.2, -0.15) is 0 Å². The van der Waals surface area contributed by atoms with Crippen LogP contribution in [0.5, 0.6) is 0 Å². The van der Waals surface area contributed by atoms with Crippen LogP contribution < -0.4 is 0 Å². The summed E-state index contributed by atoms with van der Waals surface area (Å²) < 4.78 is 5.36. The smallest absolute Gasteiger partial charge is 0.304 e. The molecule has 1 rings (SSSR count). The number of hydrogen-bond acceptors (Lipinski definition) is 2. The first-order valence-corrected chi connectivity index (χ1v) is 6.92. The van der Waals surface area contributed by atoms with Gasteiger partial charge in [0, 0.05) is 13.3 Å². The Morgan fingerprint density at radius 1 is 1.47 bits per heavy atom. The highest BCUT2D eigenvalue weighted by atomic mass is 16.6. The molecule has 0 N–H and O–H groups in total. The van der Waals surface area contributed by atoms with Crippen molar-refractivity contribution in [3.05, 3.63) is 12.2 Å². The van der Waals surface area contributed by atoms with Crippen LogP contribution in [0.2, 0.25) is 0 Å². The average molecular weight is 262 g/mol. The molecule has 0 radical (unpaired) electrons. The molecule has 1 aliphatic carbocycles. The third-order valence-corrected chi connectivity index (χ3v) is 4.48. The first-order chi connectivity index (χ1) is 8.55. The molecule has 106 valence electrons. The molecular formula is C17H26O2. The van der Waals surface area contributed by atoms with Crippen molar-refractivity contribution in [1.29, 1.82) is 0 Å². The van der Waals surface area contributed by atoms with Gasteiger partial charge in [-0.15, -0.1) is 6.42 Å². The molecule has 0 heterocycles. The summed E-state index contributed by atoms with van der Waals surface area (Å²) >= 11 is 0. The minimum Gasteiger partial charge on any atom is -0.446 e. The molecule has 2 heteroatoms. The fourth-order valence-corrected chi connectivity index (χ4v) is 3.41. The molecule has 1 aliphatic rings. The summed E-state index contributed by atoms with van der Waals surface area (Å²) in [6, 6.07) is 0. The molecule has 2 nitrogen and oxygen atoms in total. The topological polar surface area (TPSA) is 26.3 Å². The van der Waals surface area contributed by atoms with Gasteiger partial charge in [0.15, 0.2) is 5.60 Å². The van der Waals surface area contributed by atoms with Crippen molar-refractivity contribution in [1.82, 2.24) is 0 Å². The van der Waals surface area contributed by atoms with E-state index in [1.165, 1.54) is 12.5 Å². The zero-order chi connectivity index (χ0) is 14.9. The van der Waals surface area contributed by atoms with Crippen LogP contribution in [0.4, 0.5) is 0 Å². The second-order valence-electron chi connectivity index (χ2n) is 6.92. The van der Waals surface area contributed by atoms with Gasteiger partial charge in [0.05, 0.1) is 0 Å². The number of carbonyl (C=O) groups is 1. The number of ether oxygens (including phenoxy) is 1. The molecule has 0 aromatic rings. The van der Waals surface area contributed by atoms with Crippen molar-refractivity contribution < 1.29 is 9.53 Å². The van der Waals surface area contributed by atoms with Crippen LogP contribution in [0.3, 0.4) is 0 Å². The summed E-state index contributed by atoms with van der Waals surface area (Å²) in [4.78, 5) is 11.2. The predicted octanol–water partition coefficient (Wildman–Crippen LogP) is 4.10. The first kappa shape index (κ1) is 15.8. The van der Waals surface area contributed by atoms with Crippen molar-refractivity contribution in [3.8, 4) is 12.3 Å². The van der Waals surface area contributed by atoms with Gasteiger partial charge in [0.25, 0.3) is 0 Å². The van der Waals surface area contributed by atoms with Gasteiger partial charge in [0.1, 0.15) is 0 Å². The number of allylic oxidation sites excluding steroid dienone is 1. The average Bonchev–Trinajstić information content (AvgIpc) is 2.24. The Balaban J connectivity index is 2.98. The van der Waals surface area contributed by atoms with Crippen LogP contribution in [0.25, 0.3) is 0 Å². The highest BCUT2D eigenvalue weighted by Gasteiger charge is 2.45. The summed E-state index contributed by atoms with van der Waals surface area (Å²) in [7, 11) is 0. The summed E-state index contributed by atoms with van der Waals surface area (Å²) in [5.41, 5.74) is 0.424. The molecule has 0 spiro atoms. The minimum absolute atomic E-state index is 0.0711. The van der Waals surface area contributed by atoms with Gasteiger partial charge >= 0.3 is 5.97 Å². The lowest BCUT2D eigenvalue weighted by atomic mass is 9.58. The summed E-state index contributed by atoms with van der Waals surface area (Å²) in [5.74, 6) is 2.32. The first-order valence-electron chi connectivity index (χ1n) is 6.92. The molecule has 0 aliphatic heterocycles. The van der Waals surface area contributed by atoms with E-state index < -0.39 is 5.60 Å². The third kappa shape index (κ3) is 3.41. The van der Waals surface area contributed by atoms with Crippen LogP contribution in [-0.4, -0.2) is 11.6 Å². The number of rotatable bonds is 3. The lowest BCUT2D eigenvalue weighted by molar-refractivity contribution is -0.152. The van der Waals surface area contributed by atoms with Crippen LogP contribution >= 0.6 is 0 Å². The minimum atomic E-state index is -0.850. The normalized spacial score (nSPS) is 29.2. The fraction of sp³-hybridized carbons (Fsp3) is 0.706. The van der Waals surface area contributed by atoms with E-state index in [-0.39, 0.29) is 16.8 Å². The van der Waals surface area contributed by atoms with E-state index in [2.05, 4.69) is 33.3 Å². The molecule has 0 amide bonds. The molecule has 0 saturated heterocycles. The van der Waals surface area contributed by atoms with Crippen LogP contribution in [0, 0.1) is 23.2 Å². The Morgan fingerprint density at radius 3 is 2.53 bits per heavy atom. The maximum absolute atomic E-state index is 11.2. The van der Waals surface area contributed by atoms with Gasteiger partial charge in [-0.05, 0) is 30.6 Å². The van der Waals surface area contributed by atoms with Crippen molar-refractivity contribution in [2.45, 2.75) is 65.9 Å². The summed E-state index contributed by atoms with van der Waals surface area (Å²) in [6.45, 7) is 14.2. The fourth-order valence-electron chi connectivity index (χ4n) is 3.41. The van der Waals surface area contributed by atoms with Crippen LogP contribution in [-0.2, 0) is 9.53 Å². The molecule has 19 heavy (non-hydrogen) atoms. The predicted molar refractivity (Wildman–Crippen MR) is 78.5 cm³/mol. The van der Waals surface area contributed by atoms with Crippen molar-refractivity contribution in [3.63, 3.8) is 0 Å². The Morgan fingerprint density at radius 2 is 2.05 bits per heavy atom. The molecule has 2 atom stereocenters. The Bertz CT molecular complexity index is 427. The van der Waals surface area contributed by atoms with E-state index >= 15 is 0 Å². The van der Waals surface area contributed by atoms with Gasteiger partial charge in [-0.1, -0.05) is 45.3 Å². The van der Waals surface area contributed by atoms with E-state index in [0.717, 1.165) is 19.3 Å². The molecule has 1 fully saturated rings. The van der Waals surface area contributed by atoms with Gasteiger partial charge in [-0.25, -0.2) is 0 Å². The van der Waals surface area contributed by atoms with Gasteiger partial charge < -0.3 is 4.74 Å². The van der Waals surface area contributed by atoms with Gasteiger partial charge in [0.2, 0.25) is 0 Å². The summed E-state index contributed by atoms with van der Waals surface area (Å²) in [5, 5.41) is 0. The van der Waals surface area contributed by atoms with Crippen molar-refractivity contribution in [2.75, 3.05) is 0 Å². The zero-order valence-electron chi connectivity index (χ0n) is 12.9. The maximum Gasteiger partial charge on any atom is 0.304 e. The van der Waals surface area contributed by atoms with E-state index in [1.807, 2.05) is 6.92 Å². The Kier molecular flexibility index (Phi) is 4.20. The molecule has 2 unspecified atom stereocenters. The molecule has 1 saturated carbocycles. The van der Waals surface area contributed by atoms with Gasteiger partial charge in [-0.3, -0.25) is 4.79 Å². The number of terminal acetylenes is 1. The number of esters is 1. The van der Waals surface area contributed by atoms with E-state index in [0.29, 0.717) is 6.42 Å². The lowest BCUT2D eigenvalue weighted by Gasteiger charge is -2.47. The van der Waals surface area contributed by atoms with E-state index in [1.54, 1.807) is 0 Å². The third-order valence-electron chi connectivity index (χ3n) is 4.48. The summed E-state index contributed by atoms with van der Waals surface area (Å²) in [6.07, 6.45) is 9.58. The Hall–Kier alpha value is -1.23. The molecule has 0 aromatic carbocycles. The molecular weight excluding hydrogens is 236 g/mol. The quantitative estimate of drug-likeness (QED) is 0.435. The lowest BCUT2D eigenvalue weighted by Crippen LogP contribution is -2.41. The monoisotopic (exact) mass is 262 g/mol. The number of hydrogen-bond donors (Lipinski definition) is 0. The Labute approximate surface area is 117 Å². The molecule has 0 bridgehead atoms. The second-order valence-corrected chi connectivity index (χ2v) is 6.92. The molecule has 0 aromatic heterocycles. The zero-order valence-corrected chi connectivity index (χ0v) is 12.9. The number of carbonyl (C=O) groups excluding carboxylic acids is 1. The van der Waals surface area contributed by atoms with Crippen LogP contribution in [0.15, 0.2) is 12.2 Å². The largest absolute Gasteiger partial charge is 0.446 e.